The Hall–Kier alpha value is -1.30. The van der Waals surface area contributed by atoms with Gasteiger partial charge in [-0.3, -0.25) is 4.90 Å². The van der Waals surface area contributed by atoms with Crippen LogP contribution in [-0.2, 0) is 17.8 Å². The van der Waals surface area contributed by atoms with Crippen molar-refractivity contribution in [1.82, 2.24) is 4.90 Å². The van der Waals surface area contributed by atoms with Crippen LogP contribution in [0, 0.1) is 25.5 Å². The van der Waals surface area contributed by atoms with Crippen LogP contribution in [0.15, 0.2) is 34.8 Å². The van der Waals surface area contributed by atoms with E-state index in [1.54, 1.807) is 6.92 Å². The predicted octanol–water partition coefficient (Wildman–Crippen LogP) is 5.53. The third-order valence-electron chi connectivity index (χ3n) is 4.85. The number of rotatable bonds is 6. The van der Waals surface area contributed by atoms with E-state index < -0.39 is 11.6 Å². The summed E-state index contributed by atoms with van der Waals surface area (Å²) in [6.07, 6.45) is 2.15. The van der Waals surface area contributed by atoms with Crippen molar-refractivity contribution in [2.45, 2.75) is 45.9 Å². The quantitative estimate of drug-likeness (QED) is 0.605. The molecule has 3 rings (SSSR count). The van der Waals surface area contributed by atoms with Crippen LogP contribution >= 0.6 is 15.9 Å². The van der Waals surface area contributed by atoms with Gasteiger partial charge in [-0.1, -0.05) is 34.1 Å². The Morgan fingerprint density at radius 3 is 2.65 bits per heavy atom. The van der Waals surface area contributed by atoms with Gasteiger partial charge in [0.1, 0.15) is 11.6 Å². The predicted molar refractivity (Wildman–Crippen MR) is 103 cm³/mol. The van der Waals surface area contributed by atoms with Gasteiger partial charge in [0.25, 0.3) is 0 Å². The third kappa shape index (κ3) is 4.70. The molecule has 0 N–H and O–H groups in total. The largest absolute Gasteiger partial charge is 0.377 e. The van der Waals surface area contributed by atoms with Gasteiger partial charge in [0.05, 0.1) is 6.10 Å². The molecule has 1 heterocycles. The normalized spacial score (nSPS) is 17.2. The van der Waals surface area contributed by atoms with Crippen LogP contribution in [0.25, 0.3) is 0 Å². The second-order valence-corrected chi connectivity index (χ2v) is 7.91. The molecule has 0 bridgehead atoms. The molecule has 2 aromatic rings. The number of hydrogen-bond acceptors (Lipinski definition) is 2. The summed E-state index contributed by atoms with van der Waals surface area (Å²) in [5, 5.41) is 0. The summed E-state index contributed by atoms with van der Waals surface area (Å²) in [5.74, 6) is -0.946. The van der Waals surface area contributed by atoms with Crippen molar-refractivity contribution in [3.63, 3.8) is 0 Å². The van der Waals surface area contributed by atoms with E-state index >= 15 is 0 Å². The molecule has 1 fully saturated rings. The molecule has 0 amide bonds. The molecule has 2 aromatic carbocycles. The molecule has 2 nitrogen and oxygen atoms in total. The van der Waals surface area contributed by atoms with E-state index in [0.29, 0.717) is 18.7 Å². The standard InChI is InChI=1S/C21H24BrF2NO/c1-14-5-7-16(19(22)10-14)11-25(12-17-4-3-9-26-17)13-18-20(23)8-6-15(2)21(18)24/h5-8,10,17H,3-4,9,11-13H2,1-2H3. The van der Waals surface area contributed by atoms with E-state index in [-0.39, 0.29) is 18.2 Å². The zero-order valence-electron chi connectivity index (χ0n) is 15.2. The second-order valence-electron chi connectivity index (χ2n) is 7.06. The summed E-state index contributed by atoms with van der Waals surface area (Å²) in [6.45, 7) is 5.95. The average Bonchev–Trinajstić information content (AvgIpc) is 3.10. The summed E-state index contributed by atoms with van der Waals surface area (Å²) in [4.78, 5) is 2.08. The Balaban J connectivity index is 1.84. The first kappa shape index (κ1) is 19.5. The molecule has 1 unspecified atom stereocenters. The molecule has 1 aliphatic heterocycles. The van der Waals surface area contributed by atoms with Crippen LogP contribution in [0.1, 0.15) is 35.1 Å². The lowest BCUT2D eigenvalue weighted by atomic mass is 10.1. The van der Waals surface area contributed by atoms with Crippen molar-refractivity contribution in [2.24, 2.45) is 0 Å². The van der Waals surface area contributed by atoms with Crippen LogP contribution < -0.4 is 0 Å². The van der Waals surface area contributed by atoms with Gasteiger partial charge in [0.2, 0.25) is 0 Å². The number of hydrogen-bond donors (Lipinski definition) is 0. The van der Waals surface area contributed by atoms with E-state index in [2.05, 4.69) is 39.0 Å². The van der Waals surface area contributed by atoms with E-state index in [4.69, 9.17) is 4.74 Å². The minimum Gasteiger partial charge on any atom is -0.377 e. The highest BCUT2D eigenvalue weighted by Gasteiger charge is 2.22. The number of benzene rings is 2. The van der Waals surface area contributed by atoms with Crippen LogP contribution in [0.3, 0.4) is 0 Å². The van der Waals surface area contributed by atoms with Crippen molar-refractivity contribution in [2.75, 3.05) is 13.2 Å². The molecule has 0 radical (unpaired) electrons. The fourth-order valence-electron chi connectivity index (χ4n) is 3.37. The molecule has 0 aromatic heterocycles. The lowest BCUT2D eigenvalue weighted by Crippen LogP contribution is -2.32. The number of halogens is 3. The maximum atomic E-state index is 14.5. The molecule has 26 heavy (non-hydrogen) atoms. The topological polar surface area (TPSA) is 12.5 Å². The number of ether oxygens (including phenoxy) is 1. The Morgan fingerprint density at radius 1 is 1.15 bits per heavy atom. The SMILES string of the molecule is Cc1ccc(CN(Cc2c(F)ccc(C)c2F)CC2CCCO2)c(Br)c1. The smallest absolute Gasteiger partial charge is 0.133 e. The fourth-order valence-corrected chi connectivity index (χ4v) is 3.98. The van der Waals surface area contributed by atoms with E-state index in [1.165, 1.54) is 17.7 Å². The number of aryl methyl sites for hydroxylation is 2. The van der Waals surface area contributed by atoms with E-state index in [1.807, 2.05) is 6.92 Å². The third-order valence-corrected chi connectivity index (χ3v) is 5.59. The first-order chi connectivity index (χ1) is 12.4. The molecular formula is C21H24BrF2NO. The van der Waals surface area contributed by atoms with Crippen LogP contribution in [0.2, 0.25) is 0 Å². The van der Waals surface area contributed by atoms with Gasteiger partial charge in [0.15, 0.2) is 0 Å². The van der Waals surface area contributed by atoms with Crippen LogP contribution in [0.4, 0.5) is 8.78 Å². The van der Waals surface area contributed by atoms with Crippen molar-refractivity contribution in [1.29, 1.82) is 0 Å². The Kier molecular flexibility index (Phi) is 6.43. The Morgan fingerprint density at radius 2 is 1.96 bits per heavy atom. The highest BCUT2D eigenvalue weighted by molar-refractivity contribution is 9.10. The molecule has 1 aliphatic rings. The lowest BCUT2D eigenvalue weighted by Gasteiger charge is -2.26. The molecule has 140 valence electrons. The minimum atomic E-state index is -0.492. The summed E-state index contributed by atoms with van der Waals surface area (Å²) in [7, 11) is 0. The average molecular weight is 424 g/mol. The maximum absolute atomic E-state index is 14.5. The summed E-state index contributed by atoms with van der Waals surface area (Å²) in [6, 6.07) is 9.01. The lowest BCUT2D eigenvalue weighted by molar-refractivity contribution is 0.0670. The molecule has 0 saturated carbocycles. The van der Waals surface area contributed by atoms with Gasteiger partial charge < -0.3 is 4.74 Å². The minimum absolute atomic E-state index is 0.121. The molecular weight excluding hydrogens is 400 g/mol. The van der Waals surface area contributed by atoms with Crippen molar-refractivity contribution in [3.05, 3.63) is 68.7 Å². The van der Waals surface area contributed by atoms with Crippen molar-refractivity contribution < 1.29 is 13.5 Å². The Labute approximate surface area is 162 Å². The zero-order valence-corrected chi connectivity index (χ0v) is 16.8. The van der Waals surface area contributed by atoms with E-state index in [9.17, 15) is 8.78 Å². The second kappa shape index (κ2) is 8.59. The monoisotopic (exact) mass is 423 g/mol. The molecule has 5 heteroatoms. The highest BCUT2D eigenvalue weighted by Crippen LogP contribution is 2.25. The maximum Gasteiger partial charge on any atom is 0.133 e. The van der Waals surface area contributed by atoms with Crippen molar-refractivity contribution in [3.8, 4) is 0 Å². The van der Waals surface area contributed by atoms with Gasteiger partial charge in [-0.2, -0.15) is 0 Å². The summed E-state index contributed by atoms with van der Waals surface area (Å²) in [5.41, 5.74) is 2.87. The fraction of sp³-hybridized carbons (Fsp3) is 0.429. The van der Waals surface area contributed by atoms with Gasteiger partial charge in [-0.05, 0) is 55.5 Å². The van der Waals surface area contributed by atoms with Gasteiger partial charge in [-0.25, -0.2) is 8.78 Å². The Bertz CT molecular complexity index is 775. The van der Waals surface area contributed by atoms with E-state index in [0.717, 1.165) is 29.5 Å². The van der Waals surface area contributed by atoms with Crippen LogP contribution in [-0.4, -0.2) is 24.2 Å². The highest BCUT2D eigenvalue weighted by atomic mass is 79.9. The van der Waals surface area contributed by atoms with Gasteiger partial charge in [0, 0.05) is 36.3 Å². The first-order valence-corrected chi connectivity index (χ1v) is 9.76. The van der Waals surface area contributed by atoms with Crippen LogP contribution in [0.5, 0.6) is 0 Å². The first-order valence-electron chi connectivity index (χ1n) is 8.96. The van der Waals surface area contributed by atoms with Crippen molar-refractivity contribution >= 4 is 15.9 Å². The molecule has 0 spiro atoms. The number of nitrogens with zero attached hydrogens (tertiary/aromatic N) is 1. The summed E-state index contributed by atoms with van der Waals surface area (Å²) < 4.78 is 35.5. The zero-order chi connectivity index (χ0) is 18.7. The van der Waals surface area contributed by atoms with Gasteiger partial charge >= 0.3 is 0 Å². The molecule has 1 saturated heterocycles. The van der Waals surface area contributed by atoms with Gasteiger partial charge in [-0.15, -0.1) is 0 Å². The molecule has 0 aliphatic carbocycles. The summed E-state index contributed by atoms with van der Waals surface area (Å²) >= 11 is 3.61. The molecule has 1 atom stereocenters.